The van der Waals surface area contributed by atoms with Gasteiger partial charge in [-0.15, -0.1) is 0 Å². The number of para-hydroxylation sites is 1. The van der Waals surface area contributed by atoms with E-state index in [2.05, 4.69) is 0 Å². The first-order valence-corrected chi connectivity index (χ1v) is 7.37. The quantitative estimate of drug-likeness (QED) is 0.817. The largest absolute Gasteiger partial charge is 0.492 e. The molecule has 0 amide bonds. The number of nitrogens with zero attached hydrogens (tertiary/aromatic N) is 1. The van der Waals surface area contributed by atoms with Crippen LogP contribution in [0.5, 0.6) is 5.75 Å². The molecule has 0 radical (unpaired) electrons. The first-order valence-electron chi connectivity index (χ1n) is 5.76. The third kappa shape index (κ3) is 2.98. The zero-order chi connectivity index (χ0) is 12.3. The van der Waals surface area contributed by atoms with Crippen LogP contribution in [0.4, 0.5) is 0 Å². The lowest BCUT2D eigenvalue weighted by molar-refractivity contribution is 0.277. The Balaban J connectivity index is 1.86. The summed E-state index contributed by atoms with van der Waals surface area (Å²) in [6.07, 6.45) is 0.729. The second kappa shape index (κ2) is 5.06. The Morgan fingerprint density at radius 3 is 2.76 bits per heavy atom. The van der Waals surface area contributed by atoms with Crippen molar-refractivity contribution in [2.24, 2.45) is 0 Å². The van der Waals surface area contributed by atoms with Crippen LogP contribution < -0.4 is 4.74 Å². The topological polar surface area (TPSA) is 46.6 Å². The first-order chi connectivity index (χ1) is 8.09. The van der Waals surface area contributed by atoms with Gasteiger partial charge in [0.2, 0.25) is 10.0 Å². The van der Waals surface area contributed by atoms with E-state index in [1.54, 1.807) is 0 Å². The predicted octanol–water partition coefficient (Wildman–Crippen LogP) is 1.41. The van der Waals surface area contributed by atoms with E-state index >= 15 is 0 Å². The number of hydrogen-bond acceptors (Lipinski definition) is 3. The van der Waals surface area contributed by atoms with Crippen molar-refractivity contribution in [2.45, 2.75) is 13.3 Å². The van der Waals surface area contributed by atoms with Crippen molar-refractivity contribution in [3.05, 3.63) is 29.8 Å². The molecule has 94 valence electrons. The second-order valence-corrected chi connectivity index (χ2v) is 6.27. The van der Waals surface area contributed by atoms with Crippen LogP contribution in [0.1, 0.15) is 12.0 Å². The molecule has 1 aliphatic heterocycles. The fourth-order valence-electron chi connectivity index (χ4n) is 1.92. The summed E-state index contributed by atoms with van der Waals surface area (Å²) in [5.74, 6) is 1.10. The summed E-state index contributed by atoms with van der Waals surface area (Å²) in [7, 11) is -3.00. The Labute approximate surface area is 102 Å². The number of hydrogen-bond donors (Lipinski definition) is 0. The van der Waals surface area contributed by atoms with Crippen LogP contribution in [0, 0.1) is 6.92 Å². The third-order valence-electron chi connectivity index (χ3n) is 2.90. The molecule has 0 N–H and O–H groups in total. The summed E-state index contributed by atoms with van der Waals surface area (Å²) in [5, 5.41) is 0. The van der Waals surface area contributed by atoms with Crippen molar-refractivity contribution >= 4 is 10.0 Å². The molecule has 1 aromatic carbocycles. The van der Waals surface area contributed by atoms with Gasteiger partial charge in [0.15, 0.2) is 0 Å². The van der Waals surface area contributed by atoms with E-state index in [9.17, 15) is 8.42 Å². The molecule has 17 heavy (non-hydrogen) atoms. The molecule has 5 heteroatoms. The maximum Gasteiger partial charge on any atom is 0.214 e. The molecular formula is C12H17NO3S. The van der Waals surface area contributed by atoms with E-state index in [1.807, 2.05) is 31.2 Å². The summed E-state index contributed by atoms with van der Waals surface area (Å²) in [4.78, 5) is 0. The summed E-state index contributed by atoms with van der Waals surface area (Å²) in [5.41, 5.74) is 1.07. The molecule has 1 heterocycles. The monoisotopic (exact) mass is 255 g/mol. The van der Waals surface area contributed by atoms with Crippen molar-refractivity contribution in [3.8, 4) is 5.75 Å². The molecule has 1 fully saturated rings. The van der Waals surface area contributed by atoms with Gasteiger partial charge < -0.3 is 4.74 Å². The summed E-state index contributed by atoms with van der Waals surface area (Å²) >= 11 is 0. The van der Waals surface area contributed by atoms with Gasteiger partial charge in [0.1, 0.15) is 12.4 Å². The molecule has 0 spiro atoms. The minimum atomic E-state index is -3.00. The van der Waals surface area contributed by atoms with Crippen molar-refractivity contribution in [1.82, 2.24) is 4.31 Å². The van der Waals surface area contributed by atoms with Crippen molar-refractivity contribution < 1.29 is 13.2 Å². The molecule has 1 aliphatic rings. The van der Waals surface area contributed by atoms with Gasteiger partial charge in [-0.2, -0.15) is 4.31 Å². The number of aryl methyl sites for hydroxylation is 1. The zero-order valence-corrected chi connectivity index (χ0v) is 10.7. The van der Waals surface area contributed by atoms with E-state index < -0.39 is 10.0 Å². The highest BCUT2D eigenvalue weighted by molar-refractivity contribution is 7.89. The van der Waals surface area contributed by atoms with Crippen molar-refractivity contribution in [1.29, 1.82) is 0 Å². The SMILES string of the molecule is Cc1ccccc1OCCN1CCCS1(=O)=O. The Kier molecular flexibility index (Phi) is 3.69. The van der Waals surface area contributed by atoms with E-state index in [0.29, 0.717) is 19.7 Å². The smallest absolute Gasteiger partial charge is 0.214 e. The van der Waals surface area contributed by atoms with Crippen molar-refractivity contribution in [3.63, 3.8) is 0 Å². The van der Waals surface area contributed by atoms with Crippen LogP contribution in [0.25, 0.3) is 0 Å². The Hall–Kier alpha value is -1.07. The van der Waals surface area contributed by atoms with Crippen LogP contribution in [0.15, 0.2) is 24.3 Å². The molecule has 0 unspecified atom stereocenters. The minimum absolute atomic E-state index is 0.275. The lowest BCUT2D eigenvalue weighted by Gasteiger charge is -2.15. The van der Waals surface area contributed by atoms with Gasteiger partial charge in [-0.25, -0.2) is 8.42 Å². The highest BCUT2D eigenvalue weighted by atomic mass is 32.2. The molecular weight excluding hydrogens is 238 g/mol. The van der Waals surface area contributed by atoms with Crippen LogP contribution in [-0.2, 0) is 10.0 Å². The fraction of sp³-hybridized carbons (Fsp3) is 0.500. The summed E-state index contributed by atoms with van der Waals surface area (Å²) in [6.45, 7) is 3.45. The highest BCUT2D eigenvalue weighted by Gasteiger charge is 2.27. The van der Waals surface area contributed by atoms with Crippen LogP contribution in [-0.4, -0.2) is 38.2 Å². The van der Waals surface area contributed by atoms with Crippen molar-refractivity contribution in [2.75, 3.05) is 25.4 Å². The van der Waals surface area contributed by atoms with Gasteiger partial charge in [0.05, 0.1) is 5.75 Å². The maximum atomic E-state index is 11.5. The van der Waals surface area contributed by atoms with Gasteiger partial charge in [0.25, 0.3) is 0 Å². The van der Waals surface area contributed by atoms with Gasteiger partial charge >= 0.3 is 0 Å². The predicted molar refractivity (Wildman–Crippen MR) is 66.7 cm³/mol. The number of ether oxygens (including phenoxy) is 1. The van der Waals surface area contributed by atoms with Gasteiger partial charge in [-0.1, -0.05) is 18.2 Å². The van der Waals surface area contributed by atoms with Crippen LogP contribution in [0.3, 0.4) is 0 Å². The summed E-state index contributed by atoms with van der Waals surface area (Å²) < 4.78 is 30.2. The maximum absolute atomic E-state index is 11.5. The minimum Gasteiger partial charge on any atom is -0.492 e. The molecule has 4 nitrogen and oxygen atoms in total. The molecule has 1 saturated heterocycles. The average molecular weight is 255 g/mol. The molecule has 0 aromatic heterocycles. The summed E-state index contributed by atoms with van der Waals surface area (Å²) in [6, 6.07) is 7.73. The van der Waals surface area contributed by atoms with Gasteiger partial charge in [-0.3, -0.25) is 0 Å². The molecule has 2 rings (SSSR count). The molecule has 0 bridgehead atoms. The highest BCUT2D eigenvalue weighted by Crippen LogP contribution is 2.17. The van der Waals surface area contributed by atoms with Crippen LogP contribution in [0.2, 0.25) is 0 Å². The standard InChI is InChI=1S/C12H17NO3S/c1-11-5-2-3-6-12(11)16-9-8-13-7-4-10-17(13,14)15/h2-3,5-6H,4,7-10H2,1H3. The lowest BCUT2D eigenvalue weighted by Crippen LogP contribution is -2.30. The Morgan fingerprint density at radius 1 is 1.35 bits per heavy atom. The molecule has 0 aliphatic carbocycles. The molecule has 0 atom stereocenters. The Morgan fingerprint density at radius 2 is 2.12 bits per heavy atom. The third-order valence-corrected chi connectivity index (χ3v) is 4.85. The van der Waals surface area contributed by atoms with E-state index in [1.165, 1.54) is 4.31 Å². The number of sulfonamides is 1. The molecule has 0 saturated carbocycles. The van der Waals surface area contributed by atoms with E-state index in [-0.39, 0.29) is 5.75 Å². The van der Waals surface area contributed by atoms with E-state index in [0.717, 1.165) is 17.7 Å². The Bertz CT molecular complexity index is 484. The molecule has 1 aromatic rings. The second-order valence-electron chi connectivity index (χ2n) is 4.18. The van der Waals surface area contributed by atoms with Gasteiger partial charge in [0, 0.05) is 13.1 Å². The van der Waals surface area contributed by atoms with Crippen LogP contribution >= 0.6 is 0 Å². The average Bonchev–Trinajstić information content (AvgIpc) is 2.61. The fourth-order valence-corrected chi connectivity index (χ4v) is 3.43. The van der Waals surface area contributed by atoms with E-state index in [4.69, 9.17) is 4.74 Å². The number of benzene rings is 1. The lowest BCUT2D eigenvalue weighted by atomic mass is 10.2. The zero-order valence-electron chi connectivity index (χ0n) is 9.93. The number of rotatable bonds is 4. The first kappa shape index (κ1) is 12.4. The normalized spacial score (nSPS) is 19.4. The van der Waals surface area contributed by atoms with Gasteiger partial charge in [-0.05, 0) is 25.0 Å².